The molecule has 0 radical (unpaired) electrons. The van der Waals surface area contributed by atoms with Crippen LogP contribution in [0, 0.1) is 17.2 Å². The number of hydrogen-bond acceptors (Lipinski definition) is 4. The van der Waals surface area contributed by atoms with E-state index in [2.05, 4.69) is 19.2 Å². The van der Waals surface area contributed by atoms with Gasteiger partial charge in [-0.05, 0) is 36.6 Å². The van der Waals surface area contributed by atoms with E-state index in [-0.39, 0.29) is 5.57 Å². The van der Waals surface area contributed by atoms with Gasteiger partial charge in [0.05, 0.1) is 13.2 Å². The lowest BCUT2D eigenvalue weighted by Crippen LogP contribution is -2.19. The summed E-state index contributed by atoms with van der Waals surface area (Å²) >= 11 is 0. The summed E-state index contributed by atoms with van der Waals surface area (Å²) in [5.41, 5.74) is 0.751. The standard InChI is InChI=1S/C17H22N2O3/c1-5-21-16-9-13(8-14(10-18)17(20)19-4)6-7-15(16)22-11-12(2)3/h6-9,12H,5,11H2,1-4H3,(H,19,20)/b14-8+. The Morgan fingerprint density at radius 3 is 2.64 bits per heavy atom. The number of amides is 1. The average molecular weight is 302 g/mol. The normalized spacial score (nSPS) is 11.0. The minimum Gasteiger partial charge on any atom is -0.490 e. The van der Waals surface area contributed by atoms with Gasteiger partial charge in [-0.25, -0.2) is 0 Å². The van der Waals surface area contributed by atoms with E-state index in [1.807, 2.05) is 13.0 Å². The van der Waals surface area contributed by atoms with Crippen molar-refractivity contribution in [2.45, 2.75) is 20.8 Å². The smallest absolute Gasteiger partial charge is 0.261 e. The van der Waals surface area contributed by atoms with Crippen molar-refractivity contribution in [2.24, 2.45) is 5.92 Å². The molecule has 1 rings (SSSR count). The average Bonchev–Trinajstić information content (AvgIpc) is 2.51. The Kier molecular flexibility index (Phi) is 6.97. The monoisotopic (exact) mass is 302 g/mol. The molecule has 1 amide bonds. The van der Waals surface area contributed by atoms with E-state index in [9.17, 15) is 4.79 Å². The molecular formula is C17H22N2O3. The summed E-state index contributed by atoms with van der Waals surface area (Å²) in [4.78, 5) is 11.5. The summed E-state index contributed by atoms with van der Waals surface area (Å²) in [6.45, 7) is 7.13. The fourth-order valence-corrected chi connectivity index (χ4v) is 1.71. The van der Waals surface area contributed by atoms with Crippen molar-refractivity contribution < 1.29 is 14.3 Å². The maximum Gasteiger partial charge on any atom is 0.261 e. The van der Waals surface area contributed by atoms with Gasteiger partial charge in [0, 0.05) is 7.05 Å². The molecule has 118 valence electrons. The Hall–Kier alpha value is -2.48. The third-order valence-corrected chi connectivity index (χ3v) is 2.74. The van der Waals surface area contributed by atoms with Crippen LogP contribution in [0.15, 0.2) is 23.8 Å². The van der Waals surface area contributed by atoms with Gasteiger partial charge in [0.25, 0.3) is 5.91 Å². The number of nitrogens with one attached hydrogen (secondary N) is 1. The summed E-state index contributed by atoms with van der Waals surface area (Å²) in [6, 6.07) is 7.23. The van der Waals surface area contributed by atoms with E-state index in [1.54, 1.807) is 18.2 Å². The lowest BCUT2D eigenvalue weighted by Gasteiger charge is -2.14. The summed E-state index contributed by atoms with van der Waals surface area (Å²) in [7, 11) is 1.49. The molecule has 5 nitrogen and oxygen atoms in total. The zero-order chi connectivity index (χ0) is 16.5. The summed E-state index contributed by atoms with van der Waals surface area (Å²) in [5.74, 6) is 1.25. The van der Waals surface area contributed by atoms with Crippen molar-refractivity contribution in [3.05, 3.63) is 29.3 Å². The molecule has 0 spiro atoms. The second-order valence-corrected chi connectivity index (χ2v) is 5.09. The van der Waals surface area contributed by atoms with E-state index in [0.717, 1.165) is 0 Å². The molecule has 0 unspecified atom stereocenters. The zero-order valence-corrected chi connectivity index (χ0v) is 13.5. The van der Waals surface area contributed by atoms with Crippen LogP contribution in [-0.4, -0.2) is 26.2 Å². The molecule has 0 fully saturated rings. The van der Waals surface area contributed by atoms with E-state index < -0.39 is 5.91 Å². The van der Waals surface area contributed by atoms with Crippen molar-refractivity contribution in [1.29, 1.82) is 5.26 Å². The number of rotatable bonds is 7. The number of benzene rings is 1. The van der Waals surface area contributed by atoms with Gasteiger partial charge in [0.1, 0.15) is 11.6 Å². The van der Waals surface area contributed by atoms with Crippen LogP contribution in [0.3, 0.4) is 0 Å². The maximum absolute atomic E-state index is 11.5. The molecule has 0 aliphatic rings. The van der Waals surface area contributed by atoms with Gasteiger partial charge < -0.3 is 14.8 Å². The second-order valence-electron chi connectivity index (χ2n) is 5.09. The van der Waals surface area contributed by atoms with E-state index in [0.29, 0.717) is 36.2 Å². The van der Waals surface area contributed by atoms with Gasteiger partial charge in [-0.1, -0.05) is 19.9 Å². The summed E-state index contributed by atoms with van der Waals surface area (Å²) in [5, 5.41) is 11.5. The topological polar surface area (TPSA) is 71.3 Å². The lowest BCUT2D eigenvalue weighted by molar-refractivity contribution is -0.116. The number of nitriles is 1. The van der Waals surface area contributed by atoms with Crippen LogP contribution >= 0.6 is 0 Å². The highest BCUT2D eigenvalue weighted by Crippen LogP contribution is 2.29. The number of carbonyl (C=O) groups is 1. The number of likely N-dealkylation sites (N-methyl/N-ethyl adjacent to an activating group) is 1. The van der Waals surface area contributed by atoms with Crippen LogP contribution in [0.5, 0.6) is 11.5 Å². The van der Waals surface area contributed by atoms with E-state index in [4.69, 9.17) is 14.7 Å². The molecule has 22 heavy (non-hydrogen) atoms. The molecule has 0 aromatic heterocycles. The number of ether oxygens (including phenoxy) is 2. The number of carbonyl (C=O) groups excluding carboxylic acids is 1. The maximum atomic E-state index is 11.5. The molecule has 1 aromatic rings. The quantitative estimate of drug-likeness (QED) is 0.621. The first kappa shape index (κ1) is 17.6. The fraction of sp³-hybridized carbons (Fsp3) is 0.412. The highest BCUT2D eigenvalue weighted by molar-refractivity contribution is 6.01. The molecule has 0 aliphatic carbocycles. The van der Waals surface area contributed by atoms with Crippen molar-refractivity contribution in [2.75, 3.05) is 20.3 Å². The minimum absolute atomic E-state index is 0.0424. The molecule has 0 heterocycles. The molecule has 5 heteroatoms. The van der Waals surface area contributed by atoms with Crippen molar-refractivity contribution >= 4 is 12.0 Å². The third kappa shape index (κ3) is 5.13. The number of hydrogen-bond donors (Lipinski definition) is 1. The molecular weight excluding hydrogens is 280 g/mol. The van der Waals surface area contributed by atoms with Crippen LogP contribution in [0.1, 0.15) is 26.3 Å². The first-order valence-corrected chi connectivity index (χ1v) is 7.25. The highest BCUT2D eigenvalue weighted by atomic mass is 16.5. The first-order valence-electron chi connectivity index (χ1n) is 7.25. The zero-order valence-electron chi connectivity index (χ0n) is 13.5. The van der Waals surface area contributed by atoms with Crippen LogP contribution < -0.4 is 14.8 Å². The Morgan fingerprint density at radius 2 is 2.09 bits per heavy atom. The fourth-order valence-electron chi connectivity index (χ4n) is 1.71. The Morgan fingerprint density at radius 1 is 1.36 bits per heavy atom. The van der Waals surface area contributed by atoms with Crippen molar-refractivity contribution in [3.63, 3.8) is 0 Å². The molecule has 0 saturated carbocycles. The second kappa shape index (κ2) is 8.73. The van der Waals surface area contributed by atoms with Crippen LogP contribution in [0.4, 0.5) is 0 Å². The van der Waals surface area contributed by atoms with Crippen molar-refractivity contribution in [1.82, 2.24) is 5.32 Å². The lowest BCUT2D eigenvalue weighted by atomic mass is 10.1. The van der Waals surface area contributed by atoms with Gasteiger partial charge in [-0.15, -0.1) is 0 Å². The Balaban J connectivity index is 3.08. The van der Waals surface area contributed by atoms with E-state index in [1.165, 1.54) is 13.1 Å². The Labute approximate surface area is 131 Å². The summed E-state index contributed by atoms with van der Waals surface area (Å²) < 4.78 is 11.3. The van der Waals surface area contributed by atoms with E-state index >= 15 is 0 Å². The SMILES string of the molecule is CCOc1cc(/C=C(\C#N)C(=O)NC)ccc1OCC(C)C. The van der Waals surface area contributed by atoms with Crippen LogP contribution in [0.25, 0.3) is 6.08 Å². The van der Waals surface area contributed by atoms with Gasteiger partial charge >= 0.3 is 0 Å². The van der Waals surface area contributed by atoms with Gasteiger partial charge in [0.15, 0.2) is 11.5 Å². The van der Waals surface area contributed by atoms with Crippen LogP contribution in [-0.2, 0) is 4.79 Å². The molecule has 1 aromatic carbocycles. The van der Waals surface area contributed by atoms with Gasteiger partial charge in [0.2, 0.25) is 0 Å². The molecule has 0 saturated heterocycles. The van der Waals surface area contributed by atoms with Gasteiger partial charge in [-0.3, -0.25) is 4.79 Å². The molecule has 0 bridgehead atoms. The van der Waals surface area contributed by atoms with Crippen molar-refractivity contribution in [3.8, 4) is 17.6 Å². The minimum atomic E-state index is -0.416. The first-order chi connectivity index (χ1) is 10.5. The Bertz CT molecular complexity index is 586. The molecule has 1 N–H and O–H groups in total. The third-order valence-electron chi connectivity index (χ3n) is 2.74. The predicted molar refractivity (Wildman–Crippen MR) is 85.6 cm³/mol. The predicted octanol–water partition coefficient (Wildman–Crippen LogP) is 2.77. The van der Waals surface area contributed by atoms with Gasteiger partial charge in [-0.2, -0.15) is 5.26 Å². The largest absolute Gasteiger partial charge is 0.490 e. The number of nitrogens with zero attached hydrogens (tertiary/aromatic N) is 1. The molecule has 0 aliphatic heterocycles. The summed E-state index contributed by atoms with van der Waals surface area (Å²) in [6.07, 6.45) is 1.52. The van der Waals surface area contributed by atoms with Crippen LogP contribution in [0.2, 0.25) is 0 Å². The highest BCUT2D eigenvalue weighted by Gasteiger charge is 2.10. The molecule has 0 atom stereocenters.